The average Bonchev–Trinajstić information content (AvgIpc) is 2.18. The summed E-state index contributed by atoms with van der Waals surface area (Å²) in [6.07, 6.45) is 3.02. The lowest BCUT2D eigenvalue weighted by Crippen LogP contribution is -2.44. The molecule has 0 aliphatic heterocycles. The van der Waals surface area contributed by atoms with Gasteiger partial charge in [-0.15, -0.1) is 0 Å². The maximum atomic E-state index is 10.9. The van der Waals surface area contributed by atoms with E-state index in [9.17, 15) is 4.79 Å². The Balaban J connectivity index is 2.99. The highest BCUT2D eigenvalue weighted by atomic mass is 16.4. The van der Waals surface area contributed by atoms with E-state index >= 15 is 0 Å². The topological polar surface area (TPSA) is 66.3 Å². The van der Waals surface area contributed by atoms with Crippen LogP contribution in [0, 0.1) is 0 Å². The lowest BCUT2D eigenvalue weighted by Gasteiger charge is -2.31. The third kappa shape index (κ3) is 2.65. The first kappa shape index (κ1) is 11.4. The third-order valence-corrected chi connectivity index (χ3v) is 2.16. The first-order valence-electron chi connectivity index (χ1n) is 4.81. The van der Waals surface area contributed by atoms with Crippen molar-refractivity contribution in [1.29, 1.82) is 0 Å². The Morgan fingerprint density at radius 1 is 1.47 bits per heavy atom. The number of hydrogen-bond acceptors (Lipinski definition) is 4. The molecule has 0 amide bonds. The fourth-order valence-electron chi connectivity index (χ4n) is 1.47. The third-order valence-electron chi connectivity index (χ3n) is 2.16. The van der Waals surface area contributed by atoms with Crippen LogP contribution in [0.5, 0.6) is 0 Å². The van der Waals surface area contributed by atoms with E-state index in [2.05, 4.69) is 9.97 Å². The van der Waals surface area contributed by atoms with Crippen molar-refractivity contribution in [3.63, 3.8) is 0 Å². The Kier molecular flexibility index (Phi) is 3.60. The maximum absolute atomic E-state index is 10.9. The van der Waals surface area contributed by atoms with E-state index < -0.39 is 12.0 Å². The molecule has 0 aliphatic carbocycles. The minimum atomic E-state index is -0.859. The van der Waals surface area contributed by atoms with E-state index in [4.69, 9.17) is 5.11 Å². The molecular weight excluding hydrogens is 194 g/mol. The molecule has 0 radical (unpaired) electrons. The summed E-state index contributed by atoms with van der Waals surface area (Å²) < 4.78 is 0. The summed E-state index contributed by atoms with van der Waals surface area (Å²) in [6.45, 7) is 5.51. The molecule has 0 spiro atoms. The van der Waals surface area contributed by atoms with Crippen LogP contribution >= 0.6 is 0 Å². The van der Waals surface area contributed by atoms with E-state index in [1.54, 1.807) is 24.1 Å². The van der Waals surface area contributed by atoms with Gasteiger partial charge in [0.15, 0.2) is 0 Å². The number of carbonyl (C=O) groups is 1. The molecule has 1 aromatic rings. The highest BCUT2D eigenvalue weighted by Gasteiger charge is 2.24. The molecule has 1 heterocycles. The highest BCUT2D eigenvalue weighted by molar-refractivity contribution is 5.77. The van der Waals surface area contributed by atoms with Crippen LogP contribution in [-0.4, -0.2) is 33.1 Å². The zero-order valence-corrected chi connectivity index (χ0v) is 9.08. The number of carboxylic acid groups (broad SMARTS) is 1. The van der Waals surface area contributed by atoms with Crippen molar-refractivity contribution < 1.29 is 9.90 Å². The number of aliphatic carboxylic acids is 1. The predicted molar refractivity (Wildman–Crippen MR) is 56.7 cm³/mol. The van der Waals surface area contributed by atoms with Gasteiger partial charge in [0.1, 0.15) is 18.2 Å². The van der Waals surface area contributed by atoms with Crippen molar-refractivity contribution in [1.82, 2.24) is 9.97 Å². The molecule has 1 atom stereocenters. The van der Waals surface area contributed by atoms with Gasteiger partial charge in [-0.25, -0.2) is 14.8 Å². The average molecular weight is 209 g/mol. The quantitative estimate of drug-likeness (QED) is 0.806. The molecule has 1 unspecified atom stereocenters. The molecule has 5 nitrogen and oxygen atoms in total. The molecule has 82 valence electrons. The van der Waals surface area contributed by atoms with Gasteiger partial charge in [-0.3, -0.25) is 0 Å². The monoisotopic (exact) mass is 209 g/mol. The first-order valence-corrected chi connectivity index (χ1v) is 4.81. The molecule has 1 rings (SSSR count). The van der Waals surface area contributed by atoms with Crippen LogP contribution < -0.4 is 4.90 Å². The van der Waals surface area contributed by atoms with Gasteiger partial charge in [-0.1, -0.05) is 0 Å². The molecule has 1 N–H and O–H groups in total. The Morgan fingerprint density at radius 3 is 2.53 bits per heavy atom. The lowest BCUT2D eigenvalue weighted by atomic mass is 10.2. The number of rotatable bonds is 4. The molecule has 0 aromatic carbocycles. The molecule has 0 bridgehead atoms. The van der Waals surface area contributed by atoms with Gasteiger partial charge in [0.25, 0.3) is 0 Å². The second-order valence-electron chi connectivity index (χ2n) is 3.58. The summed E-state index contributed by atoms with van der Waals surface area (Å²) in [6, 6.07) is 1.19. The number of aromatic nitrogens is 2. The van der Waals surface area contributed by atoms with Gasteiger partial charge in [0.2, 0.25) is 0 Å². The van der Waals surface area contributed by atoms with E-state index in [-0.39, 0.29) is 6.04 Å². The lowest BCUT2D eigenvalue weighted by molar-refractivity contribution is -0.138. The van der Waals surface area contributed by atoms with Crippen LogP contribution in [0.1, 0.15) is 20.8 Å². The van der Waals surface area contributed by atoms with Gasteiger partial charge < -0.3 is 10.0 Å². The smallest absolute Gasteiger partial charge is 0.326 e. The zero-order valence-electron chi connectivity index (χ0n) is 9.08. The molecule has 0 saturated heterocycles. The number of hydrogen-bond donors (Lipinski definition) is 1. The van der Waals surface area contributed by atoms with E-state index in [0.717, 1.165) is 0 Å². The standard InChI is InChI=1S/C10H15N3O2/c1-7(2)13(8(3)10(14)15)9-4-5-11-6-12-9/h4-8H,1-3H3,(H,14,15). The molecule has 5 heteroatoms. The first-order chi connectivity index (χ1) is 7.04. The summed E-state index contributed by atoms with van der Waals surface area (Å²) in [7, 11) is 0. The van der Waals surface area contributed by atoms with Gasteiger partial charge in [0, 0.05) is 12.2 Å². The summed E-state index contributed by atoms with van der Waals surface area (Å²) >= 11 is 0. The predicted octanol–water partition coefficient (Wildman–Crippen LogP) is 1.16. The summed E-state index contributed by atoms with van der Waals surface area (Å²) in [4.78, 5) is 20.5. The van der Waals surface area contributed by atoms with E-state index in [1.807, 2.05) is 13.8 Å². The zero-order chi connectivity index (χ0) is 11.4. The summed E-state index contributed by atoms with van der Waals surface area (Å²) in [5.74, 6) is -0.225. The van der Waals surface area contributed by atoms with E-state index in [0.29, 0.717) is 5.82 Å². The van der Waals surface area contributed by atoms with Crippen molar-refractivity contribution in [2.24, 2.45) is 0 Å². The van der Waals surface area contributed by atoms with Gasteiger partial charge in [-0.05, 0) is 26.8 Å². The minimum absolute atomic E-state index is 0.0750. The highest BCUT2D eigenvalue weighted by Crippen LogP contribution is 2.16. The normalized spacial score (nSPS) is 12.5. The van der Waals surface area contributed by atoms with Crippen molar-refractivity contribution in [2.45, 2.75) is 32.9 Å². The Labute approximate surface area is 88.8 Å². The van der Waals surface area contributed by atoms with Crippen LogP contribution in [0.3, 0.4) is 0 Å². The van der Waals surface area contributed by atoms with Crippen molar-refractivity contribution in [3.8, 4) is 0 Å². The maximum Gasteiger partial charge on any atom is 0.326 e. The molecule has 0 fully saturated rings. The molecule has 15 heavy (non-hydrogen) atoms. The largest absolute Gasteiger partial charge is 0.480 e. The van der Waals surface area contributed by atoms with Crippen molar-refractivity contribution in [2.75, 3.05) is 4.90 Å². The Bertz CT molecular complexity index is 327. The number of nitrogens with zero attached hydrogens (tertiary/aromatic N) is 3. The van der Waals surface area contributed by atoms with Crippen LogP contribution in [0.25, 0.3) is 0 Å². The minimum Gasteiger partial charge on any atom is -0.480 e. The molecule has 0 aliphatic rings. The number of anilines is 1. The van der Waals surface area contributed by atoms with Crippen LogP contribution in [0.4, 0.5) is 5.82 Å². The fraction of sp³-hybridized carbons (Fsp3) is 0.500. The van der Waals surface area contributed by atoms with Crippen LogP contribution in [0.15, 0.2) is 18.6 Å². The number of carboxylic acids is 1. The van der Waals surface area contributed by atoms with Crippen LogP contribution in [-0.2, 0) is 4.79 Å². The summed E-state index contributed by atoms with van der Waals surface area (Å²) in [5, 5.41) is 8.98. The Morgan fingerprint density at radius 2 is 2.13 bits per heavy atom. The second kappa shape index (κ2) is 4.72. The van der Waals surface area contributed by atoms with Crippen molar-refractivity contribution in [3.05, 3.63) is 18.6 Å². The molecule has 0 saturated carbocycles. The fourth-order valence-corrected chi connectivity index (χ4v) is 1.47. The Hall–Kier alpha value is -1.65. The molecule has 1 aromatic heterocycles. The SMILES string of the molecule is CC(C)N(c1ccncn1)C(C)C(=O)O. The van der Waals surface area contributed by atoms with Gasteiger partial charge in [0.05, 0.1) is 0 Å². The van der Waals surface area contributed by atoms with E-state index in [1.165, 1.54) is 6.33 Å². The second-order valence-corrected chi connectivity index (χ2v) is 3.58. The molecular formula is C10H15N3O2. The van der Waals surface area contributed by atoms with Crippen LogP contribution in [0.2, 0.25) is 0 Å². The van der Waals surface area contributed by atoms with Gasteiger partial charge >= 0.3 is 5.97 Å². The van der Waals surface area contributed by atoms with Crippen molar-refractivity contribution >= 4 is 11.8 Å². The summed E-state index contributed by atoms with van der Waals surface area (Å²) in [5.41, 5.74) is 0. The van der Waals surface area contributed by atoms with Gasteiger partial charge in [-0.2, -0.15) is 0 Å².